The summed E-state index contributed by atoms with van der Waals surface area (Å²) in [7, 11) is 0. The minimum absolute atomic E-state index is 0.00913. The highest BCUT2D eigenvalue weighted by Crippen LogP contribution is 2.36. The molecule has 4 rings (SSSR count). The average Bonchev–Trinajstić information content (AvgIpc) is 3.21. The lowest BCUT2D eigenvalue weighted by Crippen LogP contribution is -2.42. The Kier molecular flexibility index (Phi) is 4.42. The van der Waals surface area contributed by atoms with Crippen molar-refractivity contribution >= 4 is 11.7 Å². The Morgan fingerprint density at radius 1 is 1.37 bits per heavy atom. The van der Waals surface area contributed by atoms with E-state index in [9.17, 15) is 15.2 Å². The Bertz CT molecular complexity index is 928. The standard InChI is InChI=1S/C20H20N4O3/c21-10-14-18(12-3-5-13(25)6-4-12)15-11-24(8-7-16(15)23-19(14)22)20(26)17-2-1-9-27-17/h3-6,17,25H,1-2,7-9,11H2,(H2,22,23). The number of phenols is 1. The summed E-state index contributed by atoms with van der Waals surface area (Å²) in [6, 6.07) is 8.77. The minimum atomic E-state index is -0.374. The predicted octanol–water partition coefficient (Wildman–Crippen LogP) is 1.97. The van der Waals surface area contributed by atoms with Gasteiger partial charge in [-0.25, -0.2) is 4.98 Å². The number of pyridine rings is 1. The number of carbonyl (C=O) groups excluding carboxylic acids is 1. The average molecular weight is 364 g/mol. The molecule has 0 saturated carbocycles. The number of ether oxygens (including phenoxy) is 1. The number of benzene rings is 1. The lowest BCUT2D eigenvalue weighted by molar-refractivity contribution is -0.141. The lowest BCUT2D eigenvalue weighted by atomic mass is 9.91. The molecule has 138 valence electrons. The molecule has 1 aromatic carbocycles. The first-order chi connectivity index (χ1) is 13.1. The van der Waals surface area contributed by atoms with Crippen molar-refractivity contribution in [2.24, 2.45) is 0 Å². The highest BCUT2D eigenvalue weighted by molar-refractivity contribution is 5.83. The third-order valence-electron chi connectivity index (χ3n) is 5.16. The highest BCUT2D eigenvalue weighted by Gasteiger charge is 2.32. The molecule has 1 amide bonds. The van der Waals surface area contributed by atoms with Crippen LogP contribution in [0.5, 0.6) is 5.75 Å². The van der Waals surface area contributed by atoms with Crippen molar-refractivity contribution in [3.8, 4) is 22.9 Å². The van der Waals surface area contributed by atoms with Gasteiger partial charge in [0.25, 0.3) is 5.91 Å². The predicted molar refractivity (Wildman–Crippen MR) is 98.6 cm³/mol. The van der Waals surface area contributed by atoms with Crippen LogP contribution in [-0.2, 0) is 22.5 Å². The molecule has 2 aliphatic rings. The van der Waals surface area contributed by atoms with Gasteiger partial charge in [-0.15, -0.1) is 0 Å². The Labute approximate surface area is 157 Å². The molecule has 3 N–H and O–H groups in total. The molecule has 0 aliphatic carbocycles. The summed E-state index contributed by atoms with van der Waals surface area (Å²) in [6.45, 7) is 1.54. The number of aromatic hydroxyl groups is 1. The highest BCUT2D eigenvalue weighted by atomic mass is 16.5. The number of hydrogen-bond donors (Lipinski definition) is 2. The van der Waals surface area contributed by atoms with E-state index in [4.69, 9.17) is 10.5 Å². The van der Waals surface area contributed by atoms with Gasteiger partial charge < -0.3 is 20.5 Å². The van der Waals surface area contributed by atoms with E-state index >= 15 is 0 Å². The van der Waals surface area contributed by atoms with E-state index in [1.165, 1.54) is 0 Å². The van der Waals surface area contributed by atoms with Crippen LogP contribution in [0.2, 0.25) is 0 Å². The molecule has 0 bridgehead atoms. The van der Waals surface area contributed by atoms with Gasteiger partial charge in [-0.1, -0.05) is 12.1 Å². The molecular formula is C20H20N4O3. The van der Waals surface area contributed by atoms with Crippen molar-refractivity contribution in [3.05, 3.63) is 41.1 Å². The van der Waals surface area contributed by atoms with Crippen molar-refractivity contribution in [1.82, 2.24) is 9.88 Å². The fourth-order valence-corrected chi connectivity index (χ4v) is 3.80. The third kappa shape index (κ3) is 3.09. The molecule has 1 unspecified atom stereocenters. The number of phenolic OH excluding ortho intramolecular Hbond substituents is 1. The number of nitrogens with zero attached hydrogens (tertiary/aromatic N) is 3. The summed E-state index contributed by atoms with van der Waals surface area (Å²) in [5.41, 5.74) is 9.43. The fourth-order valence-electron chi connectivity index (χ4n) is 3.80. The molecule has 3 heterocycles. The van der Waals surface area contributed by atoms with Crippen LogP contribution in [-0.4, -0.2) is 40.2 Å². The van der Waals surface area contributed by atoms with Crippen LogP contribution in [0.15, 0.2) is 24.3 Å². The van der Waals surface area contributed by atoms with Gasteiger partial charge >= 0.3 is 0 Å². The monoisotopic (exact) mass is 364 g/mol. The van der Waals surface area contributed by atoms with Crippen molar-refractivity contribution < 1.29 is 14.6 Å². The van der Waals surface area contributed by atoms with Crippen molar-refractivity contribution in [1.29, 1.82) is 5.26 Å². The van der Waals surface area contributed by atoms with Gasteiger partial charge in [-0.05, 0) is 30.5 Å². The van der Waals surface area contributed by atoms with Crippen LogP contribution < -0.4 is 5.73 Å². The smallest absolute Gasteiger partial charge is 0.252 e. The normalized spacial score (nSPS) is 18.8. The van der Waals surface area contributed by atoms with Crippen molar-refractivity contribution in [2.45, 2.75) is 31.9 Å². The summed E-state index contributed by atoms with van der Waals surface area (Å²) in [5.74, 6) is 0.326. The van der Waals surface area contributed by atoms with Crippen LogP contribution in [0.3, 0.4) is 0 Å². The molecule has 1 aromatic heterocycles. The van der Waals surface area contributed by atoms with Crippen molar-refractivity contribution in [3.63, 3.8) is 0 Å². The molecule has 0 radical (unpaired) electrons. The summed E-state index contributed by atoms with van der Waals surface area (Å²) in [6.07, 6.45) is 1.85. The van der Waals surface area contributed by atoms with E-state index in [0.717, 1.165) is 29.7 Å². The van der Waals surface area contributed by atoms with E-state index < -0.39 is 0 Å². The topological polar surface area (TPSA) is 112 Å². The minimum Gasteiger partial charge on any atom is -0.508 e. The van der Waals surface area contributed by atoms with Crippen LogP contribution in [0.1, 0.15) is 29.7 Å². The maximum absolute atomic E-state index is 12.8. The molecule has 1 fully saturated rings. The number of fused-ring (bicyclic) bond motifs is 1. The summed E-state index contributed by atoms with van der Waals surface area (Å²) >= 11 is 0. The number of nitriles is 1. The van der Waals surface area contributed by atoms with Crippen LogP contribution in [0.25, 0.3) is 11.1 Å². The van der Waals surface area contributed by atoms with E-state index in [-0.39, 0.29) is 23.6 Å². The largest absolute Gasteiger partial charge is 0.508 e. The zero-order valence-electron chi connectivity index (χ0n) is 14.8. The Morgan fingerprint density at radius 3 is 2.81 bits per heavy atom. The van der Waals surface area contributed by atoms with Crippen molar-refractivity contribution in [2.75, 3.05) is 18.9 Å². The molecule has 2 aromatic rings. The van der Waals surface area contributed by atoms with Crippen LogP contribution in [0, 0.1) is 11.3 Å². The molecule has 1 atom stereocenters. The molecule has 1 saturated heterocycles. The van der Waals surface area contributed by atoms with E-state index in [0.29, 0.717) is 37.2 Å². The van der Waals surface area contributed by atoms with Gasteiger partial charge in [-0.2, -0.15) is 5.26 Å². The molecular weight excluding hydrogens is 344 g/mol. The maximum Gasteiger partial charge on any atom is 0.252 e. The Balaban J connectivity index is 1.78. The SMILES string of the molecule is N#Cc1c(N)nc2c(c1-c1ccc(O)cc1)CN(C(=O)C1CCCO1)CC2. The number of carbonyl (C=O) groups is 1. The first-order valence-electron chi connectivity index (χ1n) is 8.99. The van der Waals surface area contributed by atoms with Gasteiger partial charge in [0.05, 0.1) is 5.69 Å². The number of rotatable bonds is 2. The number of nitrogens with two attached hydrogens (primary N) is 1. The third-order valence-corrected chi connectivity index (χ3v) is 5.16. The Morgan fingerprint density at radius 2 is 2.15 bits per heavy atom. The van der Waals surface area contributed by atoms with E-state index in [2.05, 4.69) is 11.1 Å². The number of anilines is 1. The molecule has 0 spiro atoms. The number of nitrogen functional groups attached to an aromatic ring is 1. The summed E-state index contributed by atoms with van der Waals surface area (Å²) in [4.78, 5) is 19.0. The maximum atomic E-state index is 12.8. The summed E-state index contributed by atoms with van der Waals surface area (Å²) in [5, 5.41) is 19.2. The van der Waals surface area contributed by atoms with E-state index in [1.54, 1.807) is 29.2 Å². The zero-order chi connectivity index (χ0) is 19.0. The number of hydrogen-bond acceptors (Lipinski definition) is 6. The quantitative estimate of drug-likeness (QED) is 0.842. The second kappa shape index (κ2) is 6.89. The molecule has 7 heteroatoms. The van der Waals surface area contributed by atoms with Gasteiger partial charge in [0.1, 0.15) is 29.3 Å². The molecule has 2 aliphatic heterocycles. The number of amides is 1. The summed E-state index contributed by atoms with van der Waals surface area (Å²) < 4.78 is 5.54. The van der Waals surface area contributed by atoms with Gasteiger partial charge in [-0.3, -0.25) is 4.79 Å². The first-order valence-corrected chi connectivity index (χ1v) is 8.99. The van der Waals surface area contributed by atoms with E-state index in [1.807, 2.05) is 0 Å². The molecule has 7 nitrogen and oxygen atoms in total. The zero-order valence-corrected chi connectivity index (χ0v) is 14.8. The van der Waals surface area contributed by atoms with Gasteiger partial charge in [0.2, 0.25) is 0 Å². The first kappa shape index (κ1) is 17.3. The van der Waals surface area contributed by atoms with Gasteiger partial charge in [0, 0.05) is 37.2 Å². The second-order valence-electron chi connectivity index (χ2n) is 6.84. The van der Waals surface area contributed by atoms with Gasteiger partial charge in [0.15, 0.2) is 0 Å². The second-order valence-corrected chi connectivity index (χ2v) is 6.84. The lowest BCUT2D eigenvalue weighted by Gasteiger charge is -2.32. The van der Waals surface area contributed by atoms with Crippen LogP contribution in [0.4, 0.5) is 5.82 Å². The van der Waals surface area contributed by atoms with Crippen LogP contribution >= 0.6 is 0 Å². The molecule has 27 heavy (non-hydrogen) atoms. The fraction of sp³-hybridized carbons (Fsp3) is 0.350. The Hall–Kier alpha value is -3.11. The number of aromatic nitrogens is 1.